The molecule has 0 saturated heterocycles. The molecule has 0 aliphatic heterocycles. The largest absolute Gasteiger partial charge is 0.481 e. The summed E-state index contributed by atoms with van der Waals surface area (Å²) in [6.45, 7) is 6.47. The van der Waals surface area contributed by atoms with Crippen LogP contribution in [0.3, 0.4) is 0 Å². The molecule has 0 amide bonds. The van der Waals surface area contributed by atoms with E-state index in [0.29, 0.717) is 12.4 Å². The monoisotopic (exact) mass is 250 g/mol. The second-order valence-corrected chi connectivity index (χ2v) is 3.79. The zero-order chi connectivity index (χ0) is 13.2. The Morgan fingerprint density at radius 1 is 1.33 bits per heavy atom. The fraction of sp³-hybridized carbons (Fsp3) is 0.538. The van der Waals surface area contributed by atoms with Crippen molar-refractivity contribution in [1.29, 1.82) is 0 Å². The molecular weight excluding hydrogens is 228 g/mol. The number of hydrogen-bond acceptors (Lipinski definition) is 3. The van der Waals surface area contributed by atoms with Gasteiger partial charge in [0.1, 0.15) is 0 Å². The van der Waals surface area contributed by atoms with Crippen LogP contribution in [0.4, 0.5) is 0 Å². The first kappa shape index (κ1) is 14.3. The molecule has 0 fully saturated rings. The molecule has 0 atom stereocenters. The van der Waals surface area contributed by atoms with Crippen molar-refractivity contribution in [1.82, 2.24) is 15.6 Å². The van der Waals surface area contributed by atoms with Gasteiger partial charge in [-0.05, 0) is 19.4 Å². The number of aromatic nitrogens is 1. The number of pyridine rings is 1. The normalized spacial score (nSPS) is 11.2. The highest BCUT2D eigenvalue weighted by Crippen LogP contribution is 2.07. The summed E-state index contributed by atoms with van der Waals surface area (Å²) in [5, 5.41) is 6.45. The zero-order valence-corrected chi connectivity index (χ0v) is 11.4. The quantitative estimate of drug-likeness (QED) is 0.594. The molecule has 1 aromatic heterocycles. The van der Waals surface area contributed by atoms with E-state index in [4.69, 9.17) is 4.74 Å². The van der Waals surface area contributed by atoms with Crippen LogP contribution < -0.4 is 15.4 Å². The molecule has 0 bridgehead atoms. The number of guanidine groups is 1. The number of hydrogen-bond donors (Lipinski definition) is 2. The van der Waals surface area contributed by atoms with Gasteiger partial charge in [-0.25, -0.2) is 9.98 Å². The molecular formula is C13H22N4O. The first-order chi connectivity index (χ1) is 8.80. The summed E-state index contributed by atoms with van der Waals surface area (Å²) in [5.74, 6) is 1.44. The molecule has 0 radical (unpaired) electrons. The van der Waals surface area contributed by atoms with E-state index < -0.39 is 0 Å². The summed E-state index contributed by atoms with van der Waals surface area (Å²) in [7, 11) is 1.61. The Bertz CT molecular complexity index is 379. The maximum absolute atomic E-state index is 5.08. The van der Waals surface area contributed by atoms with Crippen LogP contribution in [0.1, 0.15) is 26.0 Å². The minimum atomic E-state index is 0.538. The molecule has 0 unspecified atom stereocenters. The number of rotatable bonds is 6. The van der Waals surface area contributed by atoms with Gasteiger partial charge in [0, 0.05) is 19.2 Å². The lowest BCUT2D eigenvalue weighted by molar-refractivity contribution is 0.396. The van der Waals surface area contributed by atoms with Crippen LogP contribution in [0.5, 0.6) is 5.88 Å². The van der Waals surface area contributed by atoms with E-state index in [1.807, 2.05) is 25.1 Å². The Morgan fingerprint density at radius 2 is 2.17 bits per heavy atom. The third-order valence-corrected chi connectivity index (χ3v) is 2.28. The van der Waals surface area contributed by atoms with Crippen molar-refractivity contribution in [2.45, 2.75) is 26.8 Å². The third kappa shape index (κ3) is 5.03. The predicted octanol–water partition coefficient (Wildman–Crippen LogP) is 1.56. The molecule has 1 heterocycles. The van der Waals surface area contributed by atoms with Crippen LogP contribution >= 0.6 is 0 Å². The Labute approximate surface area is 109 Å². The van der Waals surface area contributed by atoms with Gasteiger partial charge in [0.15, 0.2) is 5.96 Å². The summed E-state index contributed by atoms with van der Waals surface area (Å²) in [5.41, 5.74) is 0.892. The van der Waals surface area contributed by atoms with Gasteiger partial charge in [-0.3, -0.25) is 0 Å². The van der Waals surface area contributed by atoms with E-state index in [1.54, 1.807) is 7.11 Å². The number of ether oxygens (including phenoxy) is 1. The van der Waals surface area contributed by atoms with E-state index >= 15 is 0 Å². The van der Waals surface area contributed by atoms with Gasteiger partial charge in [0.25, 0.3) is 0 Å². The molecule has 0 spiro atoms. The van der Waals surface area contributed by atoms with Gasteiger partial charge < -0.3 is 15.4 Å². The van der Waals surface area contributed by atoms with Crippen molar-refractivity contribution < 1.29 is 4.74 Å². The summed E-state index contributed by atoms with van der Waals surface area (Å²) in [4.78, 5) is 8.79. The van der Waals surface area contributed by atoms with Crippen LogP contribution in [0.2, 0.25) is 0 Å². The Hall–Kier alpha value is -1.78. The molecule has 18 heavy (non-hydrogen) atoms. The molecule has 100 valence electrons. The average molecular weight is 250 g/mol. The van der Waals surface area contributed by atoms with Gasteiger partial charge in [-0.15, -0.1) is 0 Å². The highest BCUT2D eigenvalue weighted by Gasteiger charge is 1.99. The van der Waals surface area contributed by atoms with Gasteiger partial charge in [-0.1, -0.05) is 13.0 Å². The first-order valence-electron chi connectivity index (χ1n) is 6.32. The standard InChI is InChI=1S/C13H22N4O/c1-4-9-15-13(14-5-2)16-10-11-7-6-8-12(17-11)18-3/h6-8H,4-5,9-10H2,1-3H3,(H2,14,15,16). The highest BCUT2D eigenvalue weighted by atomic mass is 16.5. The van der Waals surface area contributed by atoms with Gasteiger partial charge in [0.05, 0.1) is 19.3 Å². The molecule has 1 rings (SSSR count). The van der Waals surface area contributed by atoms with E-state index in [2.05, 4.69) is 27.5 Å². The van der Waals surface area contributed by atoms with Crippen molar-refractivity contribution in [3.8, 4) is 5.88 Å². The Balaban J connectivity index is 2.61. The second-order valence-electron chi connectivity index (χ2n) is 3.79. The summed E-state index contributed by atoms with van der Waals surface area (Å²) in [6.07, 6.45) is 1.07. The lowest BCUT2D eigenvalue weighted by atomic mass is 10.3. The summed E-state index contributed by atoms with van der Waals surface area (Å²) >= 11 is 0. The Morgan fingerprint density at radius 3 is 2.83 bits per heavy atom. The van der Waals surface area contributed by atoms with Gasteiger partial charge in [-0.2, -0.15) is 0 Å². The predicted molar refractivity (Wildman–Crippen MR) is 73.9 cm³/mol. The molecule has 0 aliphatic rings. The fourth-order valence-electron chi connectivity index (χ4n) is 1.40. The maximum atomic E-state index is 5.08. The number of aliphatic imine (C=N–C) groups is 1. The van der Waals surface area contributed by atoms with Crippen molar-refractivity contribution in [3.63, 3.8) is 0 Å². The molecule has 0 aromatic carbocycles. The SMILES string of the molecule is CCCNC(=NCc1cccc(OC)n1)NCC. The maximum Gasteiger partial charge on any atom is 0.213 e. The van der Waals surface area contributed by atoms with Crippen LogP contribution in [-0.2, 0) is 6.54 Å². The Kier molecular flexibility index (Phi) is 6.61. The number of nitrogens with one attached hydrogen (secondary N) is 2. The van der Waals surface area contributed by atoms with E-state index in [0.717, 1.165) is 31.2 Å². The van der Waals surface area contributed by atoms with Crippen LogP contribution in [0.15, 0.2) is 23.2 Å². The van der Waals surface area contributed by atoms with Crippen LogP contribution in [0, 0.1) is 0 Å². The molecule has 0 aliphatic carbocycles. The number of nitrogens with zero attached hydrogens (tertiary/aromatic N) is 2. The zero-order valence-electron chi connectivity index (χ0n) is 11.4. The molecule has 5 heteroatoms. The van der Waals surface area contributed by atoms with Crippen LogP contribution in [-0.4, -0.2) is 31.1 Å². The third-order valence-electron chi connectivity index (χ3n) is 2.28. The molecule has 2 N–H and O–H groups in total. The minimum absolute atomic E-state index is 0.538. The van der Waals surface area contributed by atoms with Gasteiger partial charge in [0.2, 0.25) is 5.88 Å². The molecule has 5 nitrogen and oxygen atoms in total. The van der Waals surface area contributed by atoms with Crippen molar-refractivity contribution in [3.05, 3.63) is 23.9 Å². The van der Waals surface area contributed by atoms with E-state index in [9.17, 15) is 0 Å². The molecule has 1 aromatic rings. The van der Waals surface area contributed by atoms with Crippen molar-refractivity contribution >= 4 is 5.96 Å². The molecule has 0 saturated carbocycles. The lowest BCUT2D eigenvalue weighted by Crippen LogP contribution is -2.37. The van der Waals surface area contributed by atoms with Gasteiger partial charge >= 0.3 is 0 Å². The van der Waals surface area contributed by atoms with E-state index in [-0.39, 0.29) is 0 Å². The second kappa shape index (κ2) is 8.33. The highest BCUT2D eigenvalue weighted by molar-refractivity contribution is 5.79. The smallest absolute Gasteiger partial charge is 0.213 e. The average Bonchev–Trinajstić information content (AvgIpc) is 2.42. The minimum Gasteiger partial charge on any atom is -0.481 e. The summed E-state index contributed by atoms with van der Waals surface area (Å²) < 4.78 is 5.08. The number of methoxy groups -OCH3 is 1. The summed E-state index contributed by atoms with van der Waals surface area (Å²) in [6, 6.07) is 5.69. The first-order valence-corrected chi connectivity index (χ1v) is 6.32. The lowest BCUT2D eigenvalue weighted by Gasteiger charge is -2.10. The van der Waals surface area contributed by atoms with E-state index in [1.165, 1.54) is 0 Å². The van der Waals surface area contributed by atoms with Crippen molar-refractivity contribution in [2.75, 3.05) is 20.2 Å². The topological polar surface area (TPSA) is 58.5 Å². The fourth-order valence-corrected chi connectivity index (χ4v) is 1.40. The van der Waals surface area contributed by atoms with Crippen LogP contribution in [0.25, 0.3) is 0 Å². The van der Waals surface area contributed by atoms with Crippen molar-refractivity contribution in [2.24, 2.45) is 4.99 Å².